The largest absolute Gasteiger partial charge is 0.248 e. The Hall–Kier alpha value is 0.590. The van der Waals surface area contributed by atoms with Crippen LogP contribution < -0.4 is 0 Å². The van der Waals surface area contributed by atoms with E-state index in [1.807, 2.05) is 6.07 Å². The second-order valence-corrected chi connectivity index (χ2v) is 3.96. The molecular formula is C6H4Br3N. The Kier molecular flexibility index (Phi) is 3.33. The van der Waals surface area contributed by atoms with Crippen molar-refractivity contribution < 1.29 is 0 Å². The molecule has 1 aromatic heterocycles. The molecule has 54 valence electrons. The second kappa shape index (κ2) is 3.83. The van der Waals surface area contributed by atoms with Gasteiger partial charge in [0.05, 0.1) is 0 Å². The van der Waals surface area contributed by atoms with Crippen molar-refractivity contribution in [2.45, 2.75) is 5.33 Å². The number of nitrogens with zero attached hydrogens (tertiary/aromatic N) is 1. The third-order valence-corrected chi connectivity index (χ3v) is 2.77. The fourth-order valence-electron chi connectivity index (χ4n) is 0.558. The third kappa shape index (κ3) is 2.04. The number of pyridine rings is 1. The van der Waals surface area contributed by atoms with E-state index in [9.17, 15) is 0 Å². The van der Waals surface area contributed by atoms with Gasteiger partial charge in [0.15, 0.2) is 0 Å². The summed E-state index contributed by atoms with van der Waals surface area (Å²) < 4.78 is 1.90. The minimum atomic E-state index is 0.819. The zero-order valence-electron chi connectivity index (χ0n) is 4.94. The van der Waals surface area contributed by atoms with E-state index in [0.29, 0.717) is 0 Å². The molecule has 10 heavy (non-hydrogen) atoms. The smallest absolute Gasteiger partial charge is 0.110 e. The van der Waals surface area contributed by atoms with Crippen LogP contribution in [0.2, 0.25) is 0 Å². The number of halogens is 3. The number of alkyl halides is 1. The molecule has 0 N–H and O–H groups in total. The van der Waals surface area contributed by atoms with Gasteiger partial charge in [-0.05, 0) is 43.5 Å². The Labute approximate surface area is 84.6 Å². The molecule has 0 bridgehead atoms. The summed E-state index contributed by atoms with van der Waals surface area (Å²) in [7, 11) is 0. The quantitative estimate of drug-likeness (QED) is 0.567. The molecule has 0 fully saturated rings. The van der Waals surface area contributed by atoms with Crippen molar-refractivity contribution in [2.75, 3.05) is 0 Å². The van der Waals surface area contributed by atoms with Crippen LogP contribution >= 0.6 is 47.8 Å². The highest BCUT2D eigenvalue weighted by Crippen LogP contribution is 2.20. The standard InChI is InChI=1S/C6H4Br3N/c7-2-4-1-5(8)3-10-6(4)9/h1,3H,2H2. The maximum Gasteiger partial charge on any atom is 0.110 e. The van der Waals surface area contributed by atoms with Gasteiger partial charge in [-0.2, -0.15) is 0 Å². The highest BCUT2D eigenvalue weighted by atomic mass is 79.9. The van der Waals surface area contributed by atoms with Crippen molar-refractivity contribution >= 4 is 47.8 Å². The lowest BCUT2D eigenvalue weighted by atomic mass is 10.3. The van der Waals surface area contributed by atoms with Crippen LogP contribution in [0.5, 0.6) is 0 Å². The van der Waals surface area contributed by atoms with Gasteiger partial charge in [0.25, 0.3) is 0 Å². The van der Waals surface area contributed by atoms with Crippen LogP contribution in [-0.4, -0.2) is 4.98 Å². The summed E-state index contributed by atoms with van der Waals surface area (Å²) in [6.07, 6.45) is 1.76. The second-order valence-electron chi connectivity index (χ2n) is 1.74. The zero-order valence-corrected chi connectivity index (χ0v) is 9.70. The van der Waals surface area contributed by atoms with Crippen molar-refractivity contribution in [1.82, 2.24) is 4.98 Å². The summed E-state index contributed by atoms with van der Waals surface area (Å²) in [5, 5.41) is 0.819. The van der Waals surface area contributed by atoms with E-state index in [0.717, 1.165) is 20.0 Å². The molecule has 1 aromatic rings. The molecule has 0 aliphatic carbocycles. The highest BCUT2D eigenvalue weighted by molar-refractivity contribution is 9.11. The maximum atomic E-state index is 4.09. The van der Waals surface area contributed by atoms with Crippen LogP contribution in [0.4, 0.5) is 0 Å². The van der Waals surface area contributed by atoms with Crippen molar-refractivity contribution in [2.24, 2.45) is 0 Å². The predicted molar refractivity (Wildman–Crippen MR) is 52.3 cm³/mol. The molecule has 0 radical (unpaired) electrons. The summed E-state index contributed by atoms with van der Waals surface area (Å²) in [4.78, 5) is 4.09. The summed E-state index contributed by atoms with van der Waals surface area (Å²) in [5.41, 5.74) is 1.15. The SMILES string of the molecule is BrCc1cc(Br)cnc1Br. The Balaban J connectivity index is 3.09. The minimum Gasteiger partial charge on any atom is -0.248 e. The lowest BCUT2D eigenvalue weighted by Gasteiger charge is -1.97. The van der Waals surface area contributed by atoms with Crippen LogP contribution in [0.25, 0.3) is 0 Å². The Morgan fingerprint density at radius 1 is 1.40 bits per heavy atom. The van der Waals surface area contributed by atoms with Crippen LogP contribution in [0, 0.1) is 0 Å². The fourth-order valence-corrected chi connectivity index (χ4v) is 2.10. The molecule has 1 rings (SSSR count). The number of rotatable bonds is 1. The van der Waals surface area contributed by atoms with E-state index in [2.05, 4.69) is 52.8 Å². The first kappa shape index (κ1) is 8.68. The normalized spacial score (nSPS) is 9.90. The number of aromatic nitrogens is 1. The molecule has 4 heteroatoms. The molecule has 0 aliphatic rings. The monoisotopic (exact) mass is 327 g/mol. The first-order valence-corrected chi connectivity index (χ1v) is 5.30. The summed E-state index contributed by atoms with van der Waals surface area (Å²) >= 11 is 10.0. The van der Waals surface area contributed by atoms with Gasteiger partial charge in [-0.3, -0.25) is 0 Å². The van der Waals surface area contributed by atoms with Crippen LogP contribution in [-0.2, 0) is 5.33 Å². The Bertz CT molecular complexity index is 236. The van der Waals surface area contributed by atoms with Gasteiger partial charge in [-0.15, -0.1) is 0 Å². The first-order valence-electron chi connectivity index (χ1n) is 2.60. The van der Waals surface area contributed by atoms with Crippen molar-refractivity contribution in [3.8, 4) is 0 Å². The van der Waals surface area contributed by atoms with E-state index < -0.39 is 0 Å². The summed E-state index contributed by atoms with van der Waals surface area (Å²) in [5.74, 6) is 0. The minimum absolute atomic E-state index is 0.819. The van der Waals surface area contributed by atoms with Crippen molar-refractivity contribution in [3.63, 3.8) is 0 Å². The van der Waals surface area contributed by atoms with E-state index in [1.54, 1.807) is 6.20 Å². The van der Waals surface area contributed by atoms with Crippen LogP contribution in [0.3, 0.4) is 0 Å². The lowest BCUT2D eigenvalue weighted by molar-refractivity contribution is 1.19. The predicted octanol–water partition coefficient (Wildman–Crippen LogP) is 3.50. The van der Waals surface area contributed by atoms with E-state index in [-0.39, 0.29) is 0 Å². The molecule has 0 saturated heterocycles. The van der Waals surface area contributed by atoms with Gasteiger partial charge in [-0.25, -0.2) is 4.98 Å². The molecule has 1 heterocycles. The topological polar surface area (TPSA) is 12.9 Å². The maximum absolute atomic E-state index is 4.09. The fraction of sp³-hybridized carbons (Fsp3) is 0.167. The van der Waals surface area contributed by atoms with Gasteiger partial charge >= 0.3 is 0 Å². The molecule has 0 atom stereocenters. The van der Waals surface area contributed by atoms with Gasteiger partial charge < -0.3 is 0 Å². The van der Waals surface area contributed by atoms with E-state index in [4.69, 9.17) is 0 Å². The zero-order chi connectivity index (χ0) is 7.56. The Morgan fingerprint density at radius 2 is 2.10 bits per heavy atom. The molecule has 1 nitrogen and oxygen atoms in total. The van der Waals surface area contributed by atoms with Crippen molar-refractivity contribution in [3.05, 3.63) is 26.9 Å². The molecule has 0 spiro atoms. The van der Waals surface area contributed by atoms with Gasteiger partial charge in [0.1, 0.15) is 4.60 Å². The molecule has 0 aliphatic heterocycles. The average Bonchev–Trinajstić information content (AvgIpc) is 1.94. The van der Waals surface area contributed by atoms with Gasteiger partial charge in [0, 0.05) is 16.0 Å². The van der Waals surface area contributed by atoms with Gasteiger partial charge in [0.2, 0.25) is 0 Å². The number of hydrogen-bond donors (Lipinski definition) is 0. The first-order chi connectivity index (χ1) is 4.74. The molecule has 0 amide bonds. The van der Waals surface area contributed by atoms with Crippen LogP contribution in [0.1, 0.15) is 5.56 Å². The van der Waals surface area contributed by atoms with E-state index >= 15 is 0 Å². The lowest BCUT2D eigenvalue weighted by Crippen LogP contribution is -1.83. The van der Waals surface area contributed by atoms with E-state index in [1.165, 1.54) is 0 Å². The average molecular weight is 330 g/mol. The molecule has 0 unspecified atom stereocenters. The van der Waals surface area contributed by atoms with Crippen molar-refractivity contribution in [1.29, 1.82) is 0 Å². The summed E-state index contributed by atoms with van der Waals surface area (Å²) in [6, 6.07) is 2.02. The van der Waals surface area contributed by atoms with Crippen LogP contribution in [0.15, 0.2) is 21.3 Å². The highest BCUT2D eigenvalue weighted by Gasteiger charge is 1.98. The number of hydrogen-bond acceptors (Lipinski definition) is 1. The molecule has 0 aromatic carbocycles. The third-order valence-electron chi connectivity index (χ3n) is 1.02. The molecule has 0 saturated carbocycles. The Morgan fingerprint density at radius 3 is 2.60 bits per heavy atom. The van der Waals surface area contributed by atoms with Gasteiger partial charge in [-0.1, -0.05) is 15.9 Å². The molecular weight excluding hydrogens is 326 g/mol. The summed E-state index contributed by atoms with van der Waals surface area (Å²) in [6.45, 7) is 0.